The highest BCUT2D eigenvalue weighted by molar-refractivity contribution is 7.92. The van der Waals surface area contributed by atoms with Crippen LogP contribution in [0, 0.1) is 0 Å². The minimum atomic E-state index is -2.76. The number of hydrogen-bond donors (Lipinski definition) is 2. The molecule has 72 valence electrons. The van der Waals surface area contributed by atoms with Gasteiger partial charge >= 0.3 is 0 Å². The Morgan fingerprint density at radius 3 is 2.33 bits per heavy atom. The maximum absolute atomic E-state index is 10.8. The molecule has 1 aliphatic heterocycles. The Kier molecular flexibility index (Phi) is 2.47. The van der Waals surface area contributed by atoms with Crippen LogP contribution in [0.3, 0.4) is 0 Å². The molecule has 12 heavy (non-hydrogen) atoms. The summed E-state index contributed by atoms with van der Waals surface area (Å²) in [4.78, 5) is 0. The summed E-state index contributed by atoms with van der Waals surface area (Å²) in [7, 11) is -2.76. The summed E-state index contributed by atoms with van der Waals surface area (Å²) in [5.41, 5.74) is -0.374. The largest absolute Gasteiger partial charge is 0.394 e. The Balaban J connectivity index is 2.37. The van der Waals surface area contributed by atoms with Crippen LogP contribution in [0.4, 0.5) is 0 Å². The zero-order valence-corrected chi connectivity index (χ0v) is 8.19. The van der Waals surface area contributed by atoms with E-state index in [1.165, 1.54) is 0 Å². The maximum atomic E-state index is 10.8. The molecular formula is C7H15NO3S. The second kappa shape index (κ2) is 2.97. The molecule has 5 heteroatoms. The third-order valence-electron chi connectivity index (χ3n) is 1.90. The molecular weight excluding hydrogens is 178 g/mol. The molecule has 1 saturated heterocycles. The molecule has 0 aromatic rings. The van der Waals surface area contributed by atoms with Crippen LogP contribution in [0.5, 0.6) is 0 Å². The second-order valence-corrected chi connectivity index (χ2v) is 6.11. The molecule has 0 radical (unpaired) electrons. The molecule has 1 heterocycles. The third-order valence-corrected chi connectivity index (χ3v) is 3.72. The first-order valence-corrected chi connectivity index (χ1v) is 5.76. The zero-order valence-electron chi connectivity index (χ0n) is 7.37. The second-order valence-electron chi connectivity index (χ2n) is 3.96. The van der Waals surface area contributed by atoms with E-state index in [1.54, 1.807) is 0 Å². The van der Waals surface area contributed by atoms with E-state index in [9.17, 15) is 8.42 Å². The van der Waals surface area contributed by atoms with Crippen molar-refractivity contribution in [2.45, 2.75) is 25.4 Å². The van der Waals surface area contributed by atoms with Crippen LogP contribution in [0.2, 0.25) is 0 Å². The lowest BCUT2D eigenvalue weighted by Gasteiger charge is -2.34. The van der Waals surface area contributed by atoms with Gasteiger partial charge in [0.25, 0.3) is 0 Å². The molecule has 4 nitrogen and oxygen atoms in total. The van der Waals surface area contributed by atoms with E-state index in [0.29, 0.717) is 0 Å². The lowest BCUT2D eigenvalue weighted by molar-refractivity contribution is 0.178. The van der Waals surface area contributed by atoms with Gasteiger partial charge in [-0.05, 0) is 13.8 Å². The average molecular weight is 193 g/mol. The van der Waals surface area contributed by atoms with Crippen LogP contribution in [-0.4, -0.2) is 43.2 Å². The normalized spacial score (nSPS) is 23.6. The first-order valence-electron chi connectivity index (χ1n) is 3.94. The van der Waals surface area contributed by atoms with E-state index in [-0.39, 0.29) is 29.7 Å². The summed E-state index contributed by atoms with van der Waals surface area (Å²) in [5, 5.41) is 11.9. The highest BCUT2D eigenvalue weighted by Crippen LogP contribution is 2.13. The Bertz CT molecular complexity index is 246. The number of aliphatic hydroxyl groups is 1. The SMILES string of the molecule is CC(C)(CO)NC1CS(=O)(=O)C1. The van der Waals surface area contributed by atoms with Crippen molar-refractivity contribution in [3.8, 4) is 0 Å². The fourth-order valence-electron chi connectivity index (χ4n) is 1.25. The van der Waals surface area contributed by atoms with Crippen molar-refractivity contribution in [1.29, 1.82) is 0 Å². The smallest absolute Gasteiger partial charge is 0.153 e. The van der Waals surface area contributed by atoms with Crippen LogP contribution in [-0.2, 0) is 9.84 Å². The molecule has 1 aliphatic rings. The van der Waals surface area contributed by atoms with Gasteiger partial charge in [-0.1, -0.05) is 0 Å². The molecule has 1 rings (SSSR count). The van der Waals surface area contributed by atoms with E-state index in [0.717, 1.165) is 0 Å². The topological polar surface area (TPSA) is 66.4 Å². The number of sulfone groups is 1. The third kappa shape index (κ3) is 2.43. The van der Waals surface area contributed by atoms with Crippen LogP contribution in [0.1, 0.15) is 13.8 Å². The van der Waals surface area contributed by atoms with E-state index >= 15 is 0 Å². The maximum Gasteiger partial charge on any atom is 0.153 e. The Hall–Kier alpha value is -0.130. The fourth-order valence-corrected chi connectivity index (χ4v) is 2.54. The van der Waals surface area contributed by atoms with Crippen LogP contribution < -0.4 is 5.32 Å². The Morgan fingerprint density at radius 2 is 2.00 bits per heavy atom. The minimum absolute atomic E-state index is 0.0174. The summed E-state index contributed by atoms with van der Waals surface area (Å²) >= 11 is 0. The summed E-state index contributed by atoms with van der Waals surface area (Å²) in [6.45, 7) is 3.71. The Morgan fingerprint density at radius 1 is 1.50 bits per heavy atom. The fraction of sp³-hybridized carbons (Fsp3) is 1.00. The van der Waals surface area contributed by atoms with Crippen molar-refractivity contribution in [3.05, 3.63) is 0 Å². The van der Waals surface area contributed by atoms with E-state index < -0.39 is 9.84 Å². The van der Waals surface area contributed by atoms with Crippen molar-refractivity contribution < 1.29 is 13.5 Å². The molecule has 2 N–H and O–H groups in total. The van der Waals surface area contributed by atoms with Crippen molar-refractivity contribution in [1.82, 2.24) is 5.32 Å². The van der Waals surface area contributed by atoms with Gasteiger partial charge in [0.1, 0.15) is 0 Å². The first kappa shape index (κ1) is 9.95. The predicted octanol–water partition coefficient (Wildman–Crippen LogP) is -0.856. The molecule has 1 fully saturated rings. The van der Waals surface area contributed by atoms with Gasteiger partial charge in [-0.2, -0.15) is 0 Å². The van der Waals surface area contributed by atoms with Gasteiger partial charge < -0.3 is 10.4 Å². The summed E-state index contributed by atoms with van der Waals surface area (Å²) < 4.78 is 21.5. The molecule has 0 saturated carbocycles. The van der Waals surface area contributed by atoms with E-state index in [4.69, 9.17) is 5.11 Å². The van der Waals surface area contributed by atoms with E-state index in [2.05, 4.69) is 5.32 Å². The number of nitrogens with one attached hydrogen (secondary N) is 1. The molecule has 0 unspecified atom stereocenters. The first-order chi connectivity index (χ1) is 5.35. The van der Waals surface area contributed by atoms with Crippen molar-refractivity contribution in [2.75, 3.05) is 18.1 Å². The van der Waals surface area contributed by atoms with Gasteiger partial charge in [-0.15, -0.1) is 0 Å². The van der Waals surface area contributed by atoms with Crippen molar-refractivity contribution in [3.63, 3.8) is 0 Å². The van der Waals surface area contributed by atoms with Crippen LogP contribution >= 0.6 is 0 Å². The molecule has 0 aromatic carbocycles. The highest BCUT2D eigenvalue weighted by atomic mass is 32.2. The van der Waals surface area contributed by atoms with Gasteiger partial charge in [0, 0.05) is 11.6 Å². The predicted molar refractivity (Wildman–Crippen MR) is 46.7 cm³/mol. The lowest BCUT2D eigenvalue weighted by atomic mass is 10.1. The van der Waals surface area contributed by atoms with E-state index in [1.807, 2.05) is 13.8 Å². The quantitative estimate of drug-likeness (QED) is 0.612. The molecule has 0 bridgehead atoms. The van der Waals surface area contributed by atoms with Crippen LogP contribution in [0.25, 0.3) is 0 Å². The summed E-state index contributed by atoms with van der Waals surface area (Å²) in [6, 6.07) is 0.0251. The van der Waals surface area contributed by atoms with Crippen LogP contribution in [0.15, 0.2) is 0 Å². The highest BCUT2D eigenvalue weighted by Gasteiger charge is 2.36. The van der Waals surface area contributed by atoms with Gasteiger partial charge in [0.05, 0.1) is 18.1 Å². The van der Waals surface area contributed by atoms with Gasteiger partial charge in [0.2, 0.25) is 0 Å². The number of rotatable bonds is 3. The Labute approximate surface area is 72.9 Å². The molecule has 0 aromatic heterocycles. The molecule has 0 atom stereocenters. The summed E-state index contributed by atoms with van der Waals surface area (Å²) in [6.07, 6.45) is 0. The van der Waals surface area contributed by atoms with Gasteiger partial charge in [-0.3, -0.25) is 0 Å². The van der Waals surface area contributed by atoms with Gasteiger partial charge in [0.15, 0.2) is 9.84 Å². The molecule has 0 aliphatic carbocycles. The monoisotopic (exact) mass is 193 g/mol. The van der Waals surface area contributed by atoms with Gasteiger partial charge in [-0.25, -0.2) is 8.42 Å². The van der Waals surface area contributed by atoms with Crippen molar-refractivity contribution >= 4 is 9.84 Å². The standard InChI is InChI=1S/C7H15NO3S/c1-7(2,5-9)8-6-3-12(10,11)4-6/h6,8-9H,3-5H2,1-2H3. The molecule has 0 spiro atoms. The zero-order chi connectivity index (χ0) is 9.41. The lowest BCUT2D eigenvalue weighted by Crippen LogP contribution is -2.59. The number of aliphatic hydroxyl groups excluding tert-OH is 1. The average Bonchev–Trinajstić information content (AvgIpc) is 1.83. The number of hydrogen-bond acceptors (Lipinski definition) is 4. The van der Waals surface area contributed by atoms with Crippen molar-refractivity contribution in [2.24, 2.45) is 0 Å². The minimum Gasteiger partial charge on any atom is -0.394 e. The summed E-state index contributed by atoms with van der Waals surface area (Å²) in [5.74, 6) is 0.410. The molecule has 0 amide bonds.